The fraction of sp³-hybridized carbons (Fsp3) is 0.500. The number of nitrogens with zero attached hydrogens (tertiary/aromatic N) is 2. The second kappa shape index (κ2) is 9.99. The number of aromatic nitrogens is 2. The first-order valence-corrected chi connectivity index (χ1v) is 11.2. The zero-order valence-electron chi connectivity index (χ0n) is 18.4. The zero-order chi connectivity index (χ0) is 23.0. The minimum absolute atomic E-state index is 0. The van der Waals surface area contributed by atoms with Crippen LogP contribution in [0.25, 0.3) is 0 Å². The van der Waals surface area contributed by atoms with Crippen molar-refractivity contribution in [1.82, 2.24) is 14.9 Å². The SMILES string of the molecule is C[C@@]1(CO)C[C@@H](C(=O)NCc2ccc(C(N)N)cc2)n2c1c(Cl)nc(NC1CCC1)c2=O.Cl. The van der Waals surface area contributed by atoms with Crippen molar-refractivity contribution in [2.45, 2.75) is 62.8 Å². The molecule has 33 heavy (non-hydrogen) atoms. The molecule has 1 aromatic heterocycles. The molecule has 1 aliphatic carbocycles. The molecule has 1 saturated carbocycles. The second-order valence-corrected chi connectivity index (χ2v) is 9.33. The quantitative estimate of drug-likeness (QED) is 0.366. The van der Waals surface area contributed by atoms with Gasteiger partial charge in [-0.15, -0.1) is 12.4 Å². The van der Waals surface area contributed by atoms with Crippen molar-refractivity contribution in [3.63, 3.8) is 0 Å². The first-order chi connectivity index (χ1) is 15.2. The number of nitrogens with one attached hydrogen (secondary N) is 2. The summed E-state index contributed by atoms with van der Waals surface area (Å²) in [6.45, 7) is 1.81. The van der Waals surface area contributed by atoms with E-state index in [9.17, 15) is 14.7 Å². The monoisotopic (exact) mass is 496 g/mol. The first-order valence-electron chi connectivity index (χ1n) is 10.8. The molecule has 7 N–H and O–H groups in total. The van der Waals surface area contributed by atoms with E-state index < -0.39 is 23.2 Å². The number of halogens is 2. The van der Waals surface area contributed by atoms with Gasteiger partial charge in [0.15, 0.2) is 11.0 Å². The Morgan fingerprint density at radius 1 is 1.33 bits per heavy atom. The van der Waals surface area contributed by atoms with Crippen molar-refractivity contribution in [3.8, 4) is 0 Å². The van der Waals surface area contributed by atoms with Crippen molar-refractivity contribution < 1.29 is 9.90 Å². The lowest BCUT2D eigenvalue weighted by Crippen LogP contribution is -2.38. The van der Waals surface area contributed by atoms with E-state index in [1.54, 1.807) is 6.92 Å². The van der Waals surface area contributed by atoms with E-state index in [4.69, 9.17) is 23.1 Å². The van der Waals surface area contributed by atoms with Gasteiger partial charge >= 0.3 is 0 Å². The predicted octanol–water partition coefficient (Wildman–Crippen LogP) is 1.71. The maximum Gasteiger partial charge on any atom is 0.294 e. The summed E-state index contributed by atoms with van der Waals surface area (Å²) in [4.78, 5) is 30.7. The Hall–Kier alpha value is -2.17. The molecule has 2 aliphatic rings. The van der Waals surface area contributed by atoms with Gasteiger partial charge < -0.3 is 27.2 Å². The molecule has 11 heteroatoms. The lowest BCUT2D eigenvalue weighted by Gasteiger charge is -2.27. The van der Waals surface area contributed by atoms with Crippen LogP contribution in [0.5, 0.6) is 0 Å². The number of fused-ring (bicyclic) bond motifs is 1. The largest absolute Gasteiger partial charge is 0.395 e. The highest BCUT2D eigenvalue weighted by atomic mass is 35.5. The minimum Gasteiger partial charge on any atom is -0.395 e. The smallest absolute Gasteiger partial charge is 0.294 e. The molecule has 1 aromatic carbocycles. The van der Waals surface area contributed by atoms with Crippen molar-refractivity contribution in [2.24, 2.45) is 11.5 Å². The fourth-order valence-electron chi connectivity index (χ4n) is 4.32. The fourth-order valence-corrected chi connectivity index (χ4v) is 4.72. The van der Waals surface area contributed by atoms with Gasteiger partial charge in [0.05, 0.1) is 18.5 Å². The van der Waals surface area contributed by atoms with Gasteiger partial charge in [-0.1, -0.05) is 42.8 Å². The molecule has 1 aliphatic heterocycles. The summed E-state index contributed by atoms with van der Waals surface area (Å²) in [5.74, 6) is -0.167. The van der Waals surface area contributed by atoms with Crippen LogP contribution in [0.15, 0.2) is 29.1 Å². The summed E-state index contributed by atoms with van der Waals surface area (Å²) in [5, 5.41) is 16.2. The van der Waals surface area contributed by atoms with Gasteiger partial charge in [-0.3, -0.25) is 14.2 Å². The summed E-state index contributed by atoms with van der Waals surface area (Å²) in [6, 6.07) is 6.70. The lowest BCUT2D eigenvalue weighted by molar-refractivity contribution is -0.124. The van der Waals surface area contributed by atoms with Crippen LogP contribution in [-0.2, 0) is 16.8 Å². The van der Waals surface area contributed by atoms with Gasteiger partial charge in [0.25, 0.3) is 5.56 Å². The number of anilines is 1. The number of aliphatic hydroxyl groups excluding tert-OH is 1. The summed E-state index contributed by atoms with van der Waals surface area (Å²) < 4.78 is 1.40. The van der Waals surface area contributed by atoms with Crippen molar-refractivity contribution in [3.05, 3.63) is 56.6 Å². The van der Waals surface area contributed by atoms with E-state index in [1.807, 2.05) is 24.3 Å². The molecule has 0 saturated heterocycles. The first kappa shape index (κ1) is 25.5. The maximum atomic E-state index is 13.3. The Balaban J connectivity index is 0.00000306. The molecule has 180 valence electrons. The van der Waals surface area contributed by atoms with Gasteiger partial charge in [0.2, 0.25) is 5.91 Å². The molecule has 4 rings (SSSR count). The van der Waals surface area contributed by atoms with Gasteiger partial charge in [0, 0.05) is 18.0 Å². The number of carbonyl (C=O) groups is 1. The number of nitrogens with two attached hydrogens (primary N) is 2. The number of benzene rings is 1. The Morgan fingerprint density at radius 3 is 2.55 bits per heavy atom. The average Bonchev–Trinajstić information content (AvgIpc) is 3.07. The van der Waals surface area contributed by atoms with E-state index in [-0.39, 0.29) is 54.9 Å². The third kappa shape index (κ3) is 4.88. The minimum atomic E-state index is -0.848. The number of rotatable bonds is 7. The number of hydrogen-bond donors (Lipinski definition) is 5. The Morgan fingerprint density at radius 2 is 2.00 bits per heavy atom. The van der Waals surface area contributed by atoms with E-state index in [1.165, 1.54) is 4.57 Å². The second-order valence-electron chi connectivity index (χ2n) is 8.97. The molecule has 1 amide bonds. The van der Waals surface area contributed by atoms with E-state index >= 15 is 0 Å². The number of aliphatic hydroxyl groups is 1. The van der Waals surface area contributed by atoms with Crippen LogP contribution in [-0.4, -0.2) is 33.2 Å². The molecule has 9 nitrogen and oxygen atoms in total. The van der Waals surface area contributed by atoms with Crippen LogP contribution in [0.3, 0.4) is 0 Å². The molecule has 0 unspecified atom stereocenters. The van der Waals surface area contributed by atoms with Crippen LogP contribution < -0.4 is 27.7 Å². The third-order valence-corrected chi connectivity index (χ3v) is 6.79. The van der Waals surface area contributed by atoms with Gasteiger partial charge in [0.1, 0.15) is 6.04 Å². The maximum absolute atomic E-state index is 13.3. The number of hydrogen-bond acceptors (Lipinski definition) is 7. The molecule has 0 bridgehead atoms. The molecule has 0 spiro atoms. The summed E-state index contributed by atoms with van der Waals surface area (Å²) in [7, 11) is 0. The molecule has 2 aromatic rings. The lowest BCUT2D eigenvalue weighted by atomic mass is 9.85. The molecular formula is C22H30Cl2N6O3. The van der Waals surface area contributed by atoms with Gasteiger partial charge in [-0.25, -0.2) is 4.98 Å². The highest BCUT2D eigenvalue weighted by molar-refractivity contribution is 6.30. The highest BCUT2D eigenvalue weighted by Crippen LogP contribution is 2.43. The van der Waals surface area contributed by atoms with E-state index in [0.717, 1.165) is 30.4 Å². The number of carbonyl (C=O) groups excluding carboxylic acids is 1. The van der Waals surface area contributed by atoms with Crippen LogP contribution >= 0.6 is 24.0 Å². The van der Waals surface area contributed by atoms with E-state index in [0.29, 0.717) is 5.69 Å². The van der Waals surface area contributed by atoms with Gasteiger partial charge in [-0.2, -0.15) is 0 Å². The molecular weight excluding hydrogens is 467 g/mol. The molecule has 2 atom stereocenters. The third-order valence-electron chi connectivity index (χ3n) is 6.52. The number of amides is 1. The summed E-state index contributed by atoms with van der Waals surface area (Å²) in [5.41, 5.74) is 12.2. The molecule has 2 heterocycles. The van der Waals surface area contributed by atoms with Gasteiger partial charge in [-0.05, 0) is 36.8 Å². The zero-order valence-corrected chi connectivity index (χ0v) is 20.0. The highest BCUT2D eigenvalue weighted by Gasteiger charge is 2.46. The normalized spacial score (nSPS) is 21.8. The molecule has 0 radical (unpaired) electrons. The van der Waals surface area contributed by atoms with Crippen LogP contribution in [0.4, 0.5) is 5.82 Å². The summed E-state index contributed by atoms with van der Waals surface area (Å²) in [6.07, 6.45) is 2.72. The predicted molar refractivity (Wildman–Crippen MR) is 130 cm³/mol. The van der Waals surface area contributed by atoms with Crippen molar-refractivity contribution >= 4 is 35.7 Å². The topological polar surface area (TPSA) is 148 Å². The Kier molecular flexibility index (Phi) is 7.70. The van der Waals surface area contributed by atoms with Crippen molar-refractivity contribution in [1.29, 1.82) is 0 Å². The average molecular weight is 497 g/mol. The standard InChI is InChI=1S/C22H29ClN6O3.ClH/c1-22(11-30)9-15(20(31)26-10-12-5-7-13(8-6-12)18(24)25)29-16(22)17(23)28-19(21(29)32)27-14-3-2-4-14;/h5-8,14-15,18,30H,2-4,9-11,24-25H2,1H3,(H,26,31)(H,27,28);1H/t15-,22-;/m0./s1. The molecule has 1 fully saturated rings. The van der Waals surface area contributed by atoms with E-state index in [2.05, 4.69) is 15.6 Å². The van der Waals surface area contributed by atoms with Crippen LogP contribution in [0, 0.1) is 0 Å². The van der Waals surface area contributed by atoms with Crippen molar-refractivity contribution in [2.75, 3.05) is 11.9 Å². The van der Waals surface area contributed by atoms with Crippen LogP contribution in [0.1, 0.15) is 61.6 Å². The Labute approximate surface area is 203 Å². The van der Waals surface area contributed by atoms with Crippen LogP contribution in [0.2, 0.25) is 5.15 Å². The Bertz CT molecular complexity index is 1070. The summed E-state index contributed by atoms with van der Waals surface area (Å²) >= 11 is 6.46.